The summed E-state index contributed by atoms with van der Waals surface area (Å²) in [7, 11) is 0. The lowest BCUT2D eigenvalue weighted by atomic mass is 10.2. The molecule has 0 radical (unpaired) electrons. The average molecular weight is 364 g/mol. The van der Waals surface area contributed by atoms with E-state index < -0.39 is 16.7 Å². The Hall–Kier alpha value is -1.27. The van der Waals surface area contributed by atoms with Gasteiger partial charge >= 0.3 is 0 Å². The SMILES string of the molecule is NC(=O)c1sc(-c2ccc(Cl)cc2)cc1NC(=O)C(Cl)Cl. The molecule has 3 N–H and O–H groups in total. The molecule has 0 fully saturated rings. The van der Waals surface area contributed by atoms with E-state index in [1.807, 2.05) is 0 Å². The van der Waals surface area contributed by atoms with E-state index in [1.165, 1.54) is 0 Å². The van der Waals surface area contributed by atoms with Crippen molar-refractivity contribution in [2.45, 2.75) is 4.84 Å². The van der Waals surface area contributed by atoms with Crippen LogP contribution in [0.1, 0.15) is 9.67 Å². The maximum Gasteiger partial charge on any atom is 0.260 e. The summed E-state index contributed by atoms with van der Waals surface area (Å²) in [5.74, 6) is -1.27. The molecule has 2 rings (SSSR count). The van der Waals surface area contributed by atoms with E-state index in [-0.39, 0.29) is 10.6 Å². The third-order valence-electron chi connectivity index (χ3n) is 2.54. The first-order valence-corrected chi connectivity index (χ1v) is 7.74. The van der Waals surface area contributed by atoms with Crippen molar-refractivity contribution in [3.63, 3.8) is 0 Å². The minimum atomic E-state index is -1.23. The predicted octanol–water partition coefficient (Wildman–Crippen LogP) is 3.91. The van der Waals surface area contributed by atoms with Crippen molar-refractivity contribution in [1.82, 2.24) is 0 Å². The number of nitrogens with one attached hydrogen (secondary N) is 1. The molecule has 21 heavy (non-hydrogen) atoms. The number of benzene rings is 1. The molecule has 1 heterocycles. The second-order valence-electron chi connectivity index (χ2n) is 4.01. The molecule has 0 bridgehead atoms. The van der Waals surface area contributed by atoms with E-state index in [2.05, 4.69) is 5.32 Å². The fourth-order valence-corrected chi connectivity index (χ4v) is 2.82. The number of amides is 2. The molecule has 0 saturated heterocycles. The Morgan fingerprint density at radius 2 is 1.81 bits per heavy atom. The molecule has 2 aromatic rings. The minimum absolute atomic E-state index is 0.224. The summed E-state index contributed by atoms with van der Waals surface area (Å²) in [5.41, 5.74) is 6.45. The van der Waals surface area contributed by atoms with Gasteiger partial charge in [-0.15, -0.1) is 11.3 Å². The van der Waals surface area contributed by atoms with E-state index >= 15 is 0 Å². The van der Waals surface area contributed by atoms with Gasteiger partial charge in [0.05, 0.1) is 5.69 Å². The molecule has 0 aliphatic rings. The third kappa shape index (κ3) is 3.89. The highest BCUT2D eigenvalue weighted by Gasteiger charge is 2.19. The summed E-state index contributed by atoms with van der Waals surface area (Å²) in [4.78, 5) is 22.8. The number of hydrogen-bond donors (Lipinski definition) is 2. The lowest BCUT2D eigenvalue weighted by molar-refractivity contribution is -0.114. The summed E-state index contributed by atoms with van der Waals surface area (Å²) in [6.07, 6.45) is 0. The van der Waals surface area contributed by atoms with Gasteiger partial charge in [0.15, 0.2) is 4.84 Å². The smallest absolute Gasteiger partial charge is 0.260 e. The number of halogens is 3. The first-order valence-electron chi connectivity index (χ1n) is 5.67. The van der Waals surface area contributed by atoms with Gasteiger partial charge in [-0.3, -0.25) is 9.59 Å². The average Bonchev–Trinajstić information content (AvgIpc) is 2.83. The fourth-order valence-electron chi connectivity index (χ4n) is 1.61. The normalized spacial score (nSPS) is 10.7. The highest BCUT2D eigenvalue weighted by Crippen LogP contribution is 2.35. The summed E-state index contributed by atoms with van der Waals surface area (Å²) in [6, 6.07) is 8.70. The Labute approximate surface area is 139 Å². The number of alkyl halides is 2. The van der Waals surface area contributed by atoms with Crippen LogP contribution in [0.4, 0.5) is 5.69 Å². The fraction of sp³-hybridized carbons (Fsp3) is 0.0769. The van der Waals surface area contributed by atoms with Gasteiger partial charge in [0.2, 0.25) is 0 Å². The van der Waals surface area contributed by atoms with Crippen LogP contribution in [0.5, 0.6) is 0 Å². The van der Waals surface area contributed by atoms with Crippen molar-refractivity contribution in [2.24, 2.45) is 5.73 Å². The van der Waals surface area contributed by atoms with Crippen molar-refractivity contribution >= 4 is 63.6 Å². The minimum Gasteiger partial charge on any atom is -0.365 e. The van der Waals surface area contributed by atoms with Crippen LogP contribution >= 0.6 is 46.1 Å². The largest absolute Gasteiger partial charge is 0.365 e. The number of primary amides is 1. The molecule has 0 atom stereocenters. The van der Waals surface area contributed by atoms with E-state index in [9.17, 15) is 9.59 Å². The van der Waals surface area contributed by atoms with Gasteiger partial charge in [-0.2, -0.15) is 0 Å². The number of carbonyl (C=O) groups excluding carboxylic acids is 2. The molecule has 0 saturated carbocycles. The van der Waals surface area contributed by atoms with Gasteiger partial charge in [-0.25, -0.2) is 0 Å². The van der Waals surface area contributed by atoms with Crippen molar-refractivity contribution in [3.8, 4) is 10.4 Å². The molecule has 8 heteroatoms. The van der Waals surface area contributed by atoms with Gasteiger partial charge in [-0.1, -0.05) is 46.9 Å². The first-order chi connectivity index (χ1) is 9.88. The summed E-state index contributed by atoms with van der Waals surface area (Å²) in [6.45, 7) is 0. The van der Waals surface area contributed by atoms with Crippen LogP contribution in [-0.2, 0) is 4.79 Å². The number of anilines is 1. The molecule has 1 aromatic carbocycles. The quantitative estimate of drug-likeness (QED) is 0.808. The van der Waals surface area contributed by atoms with E-state index in [4.69, 9.17) is 40.5 Å². The Kier molecular flexibility index (Phi) is 5.11. The third-order valence-corrected chi connectivity index (χ3v) is 4.39. The van der Waals surface area contributed by atoms with Crippen LogP contribution in [0.3, 0.4) is 0 Å². The molecule has 4 nitrogen and oxygen atoms in total. The van der Waals surface area contributed by atoms with Crippen molar-refractivity contribution in [2.75, 3.05) is 5.32 Å². The van der Waals surface area contributed by atoms with Gasteiger partial charge in [0.1, 0.15) is 4.88 Å². The number of rotatable bonds is 4. The number of thiophene rings is 1. The predicted molar refractivity (Wildman–Crippen MR) is 87.4 cm³/mol. The second kappa shape index (κ2) is 6.66. The molecular weight excluding hydrogens is 355 g/mol. The molecule has 2 amide bonds. The molecular formula is C13H9Cl3N2O2S. The molecule has 0 aliphatic heterocycles. The van der Waals surface area contributed by atoms with Gasteiger partial charge in [-0.05, 0) is 23.8 Å². The van der Waals surface area contributed by atoms with Crippen LogP contribution in [0.2, 0.25) is 5.02 Å². The van der Waals surface area contributed by atoms with Crippen LogP contribution in [0.15, 0.2) is 30.3 Å². The zero-order valence-corrected chi connectivity index (χ0v) is 13.5. The lowest BCUT2D eigenvalue weighted by Gasteiger charge is -2.04. The number of hydrogen-bond acceptors (Lipinski definition) is 3. The monoisotopic (exact) mass is 362 g/mol. The Bertz CT molecular complexity index is 683. The topological polar surface area (TPSA) is 72.2 Å². The van der Waals surface area contributed by atoms with Crippen LogP contribution in [0, 0.1) is 0 Å². The zero-order chi connectivity index (χ0) is 15.6. The van der Waals surface area contributed by atoms with Crippen molar-refractivity contribution in [3.05, 3.63) is 40.2 Å². The summed E-state index contributed by atoms with van der Waals surface area (Å²) in [5, 5.41) is 3.08. The van der Waals surface area contributed by atoms with E-state index in [1.54, 1.807) is 30.3 Å². The van der Waals surface area contributed by atoms with Crippen molar-refractivity contribution in [1.29, 1.82) is 0 Å². The second-order valence-corrected chi connectivity index (χ2v) is 6.60. The lowest BCUT2D eigenvalue weighted by Crippen LogP contribution is -2.20. The maximum atomic E-state index is 11.5. The Morgan fingerprint density at radius 3 is 2.33 bits per heavy atom. The van der Waals surface area contributed by atoms with Gasteiger partial charge < -0.3 is 11.1 Å². The van der Waals surface area contributed by atoms with E-state index in [0.29, 0.717) is 5.02 Å². The van der Waals surface area contributed by atoms with Crippen LogP contribution in [0.25, 0.3) is 10.4 Å². The Morgan fingerprint density at radius 1 is 1.19 bits per heavy atom. The van der Waals surface area contributed by atoms with Crippen molar-refractivity contribution < 1.29 is 9.59 Å². The Balaban J connectivity index is 2.39. The summed E-state index contributed by atoms with van der Waals surface area (Å²) >= 11 is 17.9. The highest BCUT2D eigenvalue weighted by molar-refractivity contribution is 7.18. The van der Waals surface area contributed by atoms with Crippen LogP contribution < -0.4 is 11.1 Å². The summed E-state index contributed by atoms with van der Waals surface area (Å²) < 4.78 is 0. The maximum absolute atomic E-state index is 11.5. The standard InChI is InChI=1S/C13H9Cl3N2O2S/c14-7-3-1-6(2-4-7)9-5-8(10(21-9)12(17)19)18-13(20)11(15)16/h1-5,11H,(H2,17,19)(H,18,20). The highest BCUT2D eigenvalue weighted by atomic mass is 35.5. The van der Waals surface area contributed by atoms with E-state index in [0.717, 1.165) is 21.8 Å². The van der Waals surface area contributed by atoms with Gasteiger partial charge in [0, 0.05) is 9.90 Å². The molecule has 1 aromatic heterocycles. The van der Waals surface area contributed by atoms with Gasteiger partial charge in [0.25, 0.3) is 11.8 Å². The number of carbonyl (C=O) groups is 2. The molecule has 110 valence electrons. The molecule has 0 spiro atoms. The molecule has 0 aliphatic carbocycles. The molecule has 0 unspecified atom stereocenters. The van der Waals surface area contributed by atoms with Crippen LogP contribution in [-0.4, -0.2) is 16.7 Å². The first kappa shape index (κ1) is 16.1. The number of nitrogens with two attached hydrogens (primary N) is 1. The zero-order valence-electron chi connectivity index (χ0n) is 10.4.